The number of aliphatic carboxylic acids is 1. The molecule has 4 aromatic rings. The fraction of sp³-hybridized carbons (Fsp3) is 0.306. The first-order valence-corrected chi connectivity index (χ1v) is 16.1. The highest BCUT2D eigenvalue weighted by molar-refractivity contribution is 5.96. The fourth-order valence-electron chi connectivity index (χ4n) is 6.38. The first kappa shape index (κ1) is 33.1. The molecule has 4 aromatic heterocycles. The number of H-pyrrole nitrogens is 2. The Hall–Kier alpha value is -5.85. The SMILES string of the molecule is CC1=C(CCC(=O)O)c2cc3nc(cc4[nH]c(cc4C)cc4[nH]c(cc1n2)cc4C)C(C)=C3CCC(=O)NCCn1c([N+](=O)[O-])cnc1C. The van der Waals surface area contributed by atoms with E-state index in [0.29, 0.717) is 30.1 Å². The molecule has 2 aliphatic rings. The van der Waals surface area contributed by atoms with Crippen LogP contribution in [0.15, 0.2) is 42.6 Å². The Bertz CT molecular complexity index is 2250. The summed E-state index contributed by atoms with van der Waals surface area (Å²) in [6.45, 7) is 10.2. The van der Waals surface area contributed by atoms with Crippen molar-refractivity contribution in [1.82, 2.24) is 34.8 Å². The van der Waals surface area contributed by atoms with Gasteiger partial charge in [-0.1, -0.05) is 0 Å². The standard InChI is InChI=1S/C36H38N8O5/c1-19-12-25-15-30-21(3)27(7-9-36(46)47)33(41-30)17-32-26(6-8-34(45)37-10-11-43-23(5)38-18-35(43)44(48)49)22(4)31(42-32)16-29-20(2)13-24(40-29)14-28(19)39-25/h12-18,39-40H,6-11H2,1-5H3,(H,37,45)(H,46,47). The van der Waals surface area contributed by atoms with E-state index in [4.69, 9.17) is 9.97 Å². The number of carboxylic acids is 1. The van der Waals surface area contributed by atoms with Gasteiger partial charge in [-0.2, -0.15) is 0 Å². The molecule has 0 unspecified atom stereocenters. The number of rotatable bonds is 10. The van der Waals surface area contributed by atoms with Gasteiger partial charge in [0, 0.05) is 41.8 Å². The van der Waals surface area contributed by atoms with E-state index in [1.807, 2.05) is 45.9 Å². The smallest absolute Gasteiger partial charge is 0.342 e. The first-order valence-electron chi connectivity index (χ1n) is 16.1. The molecule has 49 heavy (non-hydrogen) atoms. The molecule has 8 bridgehead atoms. The summed E-state index contributed by atoms with van der Waals surface area (Å²) in [5.74, 6) is -0.705. The van der Waals surface area contributed by atoms with Crippen LogP contribution in [0.5, 0.6) is 0 Å². The van der Waals surface area contributed by atoms with Crippen molar-refractivity contribution >= 4 is 62.1 Å². The number of aromatic nitrogens is 6. The topological polar surface area (TPSA) is 185 Å². The summed E-state index contributed by atoms with van der Waals surface area (Å²) in [5, 5.41) is 23.7. The number of nitrogens with zero attached hydrogens (tertiary/aromatic N) is 5. The molecule has 252 valence electrons. The van der Waals surface area contributed by atoms with Crippen LogP contribution < -0.4 is 5.32 Å². The summed E-state index contributed by atoms with van der Waals surface area (Å²) in [4.78, 5) is 56.5. The number of carbonyl (C=O) groups is 2. The number of carbonyl (C=O) groups excluding carboxylic acids is 1. The third-order valence-corrected chi connectivity index (χ3v) is 9.14. The molecule has 13 heteroatoms. The molecular formula is C36H38N8O5. The lowest BCUT2D eigenvalue weighted by Crippen LogP contribution is -2.27. The van der Waals surface area contributed by atoms with Gasteiger partial charge in [0.1, 0.15) is 12.7 Å². The van der Waals surface area contributed by atoms with Crippen molar-refractivity contribution in [3.05, 3.63) is 92.4 Å². The molecule has 0 atom stereocenters. The Morgan fingerprint density at radius 2 is 1.39 bits per heavy atom. The van der Waals surface area contributed by atoms with E-state index in [2.05, 4.69) is 38.5 Å². The number of amides is 1. The van der Waals surface area contributed by atoms with Gasteiger partial charge in [-0.25, -0.2) is 19.5 Å². The van der Waals surface area contributed by atoms with E-state index >= 15 is 0 Å². The molecule has 0 saturated heterocycles. The molecule has 0 radical (unpaired) electrons. The Labute approximate surface area is 282 Å². The van der Waals surface area contributed by atoms with Gasteiger partial charge >= 0.3 is 11.8 Å². The largest absolute Gasteiger partial charge is 0.481 e. The van der Waals surface area contributed by atoms with Crippen molar-refractivity contribution in [2.45, 2.75) is 66.8 Å². The van der Waals surface area contributed by atoms with Gasteiger partial charge in [-0.15, -0.1) is 0 Å². The van der Waals surface area contributed by atoms with Crippen molar-refractivity contribution in [1.29, 1.82) is 0 Å². The molecule has 6 rings (SSSR count). The summed E-state index contributed by atoms with van der Waals surface area (Å²) in [7, 11) is 0. The van der Waals surface area contributed by atoms with E-state index in [1.54, 1.807) is 6.92 Å². The van der Waals surface area contributed by atoms with Crippen LogP contribution in [-0.4, -0.2) is 57.9 Å². The highest BCUT2D eigenvalue weighted by Crippen LogP contribution is 2.37. The predicted molar refractivity (Wildman–Crippen MR) is 188 cm³/mol. The zero-order valence-corrected chi connectivity index (χ0v) is 28.1. The van der Waals surface area contributed by atoms with Gasteiger partial charge in [0.2, 0.25) is 5.91 Å². The number of carboxylic acid groups (broad SMARTS) is 1. The van der Waals surface area contributed by atoms with E-state index in [9.17, 15) is 24.8 Å². The molecule has 0 saturated carbocycles. The quantitative estimate of drug-likeness (QED) is 0.107. The summed E-state index contributed by atoms with van der Waals surface area (Å²) >= 11 is 0. The van der Waals surface area contributed by atoms with E-state index < -0.39 is 10.9 Å². The molecule has 2 aliphatic heterocycles. The van der Waals surface area contributed by atoms with Crippen LogP contribution in [0.25, 0.3) is 44.4 Å². The number of aromatic amines is 2. The molecule has 0 spiro atoms. The maximum absolute atomic E-state index is 13.0. The Kier molecular flexibility index (Phi) is 9.00. The second-order valence-electron chi connectivity index (χ2n) is 12.5. The third kappa shape index (κ3) is 6.91. The first-order chi connectivity index (χ1) is 23.4. The minimum Gasteiger partial charge on any atom is -0.481 e. The lowest BCUT2D eigenvalue weighted by molar-refractivity contribution is -0.392. The Balaban J connectivity index is 1.39. The molecule has 0 fully saturated rings. The van der Waals surface area contributed by atoms with Gasteiger partial charge in [0.15, 0.2) is 5.82 Å². The van der Waals surface area contributed by atoms with Crippen LogP contribution in [-0.2, 0) is 16.1 Å². The normalized spacial score (nSPS) is 12.9. The molecular weight excluding hydrogens is 624 g/mol. The second-order valence-corrected chi connectivity index (χ2v) is 12.5. The van der Waals surface area contributed by atoms with Gasteiger partial charge < -0.3 is 30.5 Å². The van der Waals surface area contributed by atoms with E-state index in [-0.39, 0.29) is 37.7 Å². The van der Waals surface area contributed by atoms with Gasteiger partial charge in [-0.05, 0) is 115 Å². The third-order valence-electron chi connectivity index (χ3n) is 9.14. The van der Waals surface area contributed by atoms with Crippen molar-refractivity contribution in [3.8, 4) is 0 Å². The number of fused-ring (bicyclic) bond motifs is 8. The van der Waals surface area contributed by atoms with Gasteiger partial charge in [-0.3, -0.25) is 9.59 Å². The summed E-state index contributed by atoms with van der Waals surface area (Å²) in [6.07, 6.45) is 2.05. The van der Waals surface area contributed by atoms with Gasteiger partial charge in [0.25, 0.3) is 0 Å². The second kappa shape index (κ2) is 13.3. The van der Waals surface area contributed by atoms with Crippen LogP contribution in [0.1, 0.15) is 79.3 Å². The molecule has 0 aliphatic carbocycles. The summed E-state index contributed by atoms with van der Waals surface area (Å²) in [5.41, 5.74) is 12.2. The zero-order valence-electron chi connectivity index (χ0n) is 28.1. The monoisotopic (exact) mass is 662 g/mol. The number of nitrogens with one attached hydrogen (secondary N) is 3. The minimum atomic E-state index is -0.889. The van der Waals surface area contributed by atoms with Gasteiger partial charge in [0.05, 0.1) is 29.3 Å². The van der Waals surface area contributed by atoms with Crippen molar-refractivity contribution in [2.75, 3.05) is 6.54 Å². The average Bonchev–Trinajstić information content (AvgIpc) is 3.81. The van der Waals surface area contributed by atoms with Crippen molar-refractivity contribution < 1.29 is 19.6 Å². The molecule has 0 aromatic carbocycles. The molecule has 13 nitrogen and oxygen atoms in total. The Morgan fingerprint density at radius 1 is 0.816 bits per heavy atom. The maximum atomic E-state index is 13.0. The minimum absolute atomic E-state index is 0.0387. The van der Waals surface area contributed by atoms with Crippen LogP contribution in [0.4, 0.5) is 5.82 Å². The number of aryl methyl sites for hydroxylation is 3. The van der Waals surface area contributed by atoms with Crippen LogP contribution in [0, 0.1) is 30.9 Å². The Morgan fingerprint density at radius 3 is 2.00 bits per heavy atom. The summed E-state index contributed by atoms with van der Waals surface area (Å²) < 4.78 is 1.46. The fourth-order valence-corrected chi connectivity index (χ4v) is 6.38. The zero-order chi connectivity index (χ0) is 35.0. The highest BCUT2D eigenvalue weighted by Gasteiger charge is 2.23. The van der Waals surface area contributed by atoms with Crippen LogP contribution >= 0.6 is 0 Å². The molecule has 1 amide bonds. The molecule has 6 heterocycles. The lowest BCUT2D eigenvalue weighted by Gasteiger charge is -2.08. The lowest BCUT2D eigenvalue weighted by atomic mass is 9.98. The van der Waals surface area contributed by atoms with Crippen molar-refractivity contribution in [2.24, 2.45) is 0 Å². The number of nitro groups is 1. The predicted octanol–water partition coefficient (Wildman–Crippen LogP) is 6.67. The number of imidazole rings is 1. The number of hydrogen-bond acceptors (Lipinski definition) is 7. The van der Waals surface area contributed by atoms with E-state index in [0.717, 1.165) is 66.9 Å². The van der Waals surface area contributed by atoms with Crippen molar-refractivity contribution in [3.63, 3.8) is 0 Å². The average molecular weight is 663 g/mol. The number of hydrogen-bond donors (Lipinski definition) is 4. The number of allylic oxidation sites excluding steroid dienone is 4. The molecule has 4 N–H and O–H groups in total. The highest BCUT2D eigenvalue weighted by atomic mass is 16.6. The summed E-state index contributed by atoms with van der Waals surface area (Å²) in [6, 6.07) is 12.1. The van der Waals surface area contributed by atoms with Crippen LogP contribution in [0.3, 0.4) is 0 Å². The maximum Gasteiger partial charge on any atom is 0.342 e. The van der Waals surface area contributed by atoms with E-state index in [1.165, 1.54) is 10.8 Å². The van der Waals surface area contributed by atoms with Crippen LogP contribution in [0.2, 0.25) is 0 Å².